The topological polar surface area (TPSA) is 93.1 Å². The van der Waals surface area contributed by atoms with E-state index in [2.05, 4.69) is 4.98 Å². The molecule has 2 aromatic heterocycles. The Morgan fingerprint density at radius 3 is 2.38 bits per heavy atom. The summed E-state index contributed by atoms with van der Waals surface area (Å²) in [4.78, 5) is 14.4. The fourth-order valence-electron chi connectivity index (χ4n) is 2.12. The monoisotopic (exact) mass is 480 g/mol. The Kier molecular flexibility index (Phi) is 6.47. The first-order valence-electron chi connectivity index (χ1n) is 7.42. The Balaban J connectivity index is 2.40. The number of hydrogen-bond donors (Lipinski definition) is 2. The van der Waals surface area contributed by atoms with E-state index in [1.54, 1.807) is 0 Å². The molecule has 2 N–H and O–H groups in total. The zero-order valence-electron chi connectivity index (χ0n) is 14.4. The highest BCUT2D eigenvalue weighted by atomic mass is 35.5. The highest BCUT2D eigenvalue weighted by Gasteiger charge is 2.40. The Labute approximate surface area is 170 Å². The minimum Gasteiger partial charge on any atom is -0.344 e. The zero-order chi connectivity index (χ0) is 22.3. The van der Waals surface area contributed by atoms with Gasteiger partial charge in [-0.1, -0.05) is 23.2 Å². The van der Waals surface area contributed by atoms with E-state index in [1.807, 2.05) is 5.32 Å². The molecular formula is C14H11Cl2F5N4O3S. The van der Waals surface area contributed by atoms with Gasteiger partial charge in [0.2, 0.25) is 21.9 Å². The number of pyridine rings is 1. The lowest BCUT2D eigenvalue weighted by atomic mass is 10.3. The first kappa shape index (κ1) is 23.3. The second-order valence-corrected chi connectivity index (χ2v) is 8.14. The number of amides is 1. The molecule has 1 amide bonds. The van der Waals surface area contributed by atoms with E-state index < -0.39 is 66.4 Å². The van der Waals surface area contributed by atoms with Crippen molar-refractivity contribution in [3.8, 4) is 0 Å². The molecule has 0 saturated heterocycles. The van der Waals surface area contributed by atoms with Crippen LogP contribution in [0.3, 0.4) is 0 Å². The molecule has 2 heterocycles. The highest BCUT2D eigenvalue weighted by molar-refractivity contribution is 7.89. The number of halogens is 7. The molecular weight excluding hydrogens is 470 g/mol. The van der Waals surface area contributed by atoms with Gasteiger partial charge in [-0.05, 0) is 6.92 Å². The molecule has 2 aromatic rings. The summed E-state index contributed by atoms with van der Waals surface area (Å²) in [6.45, 7) is 0.580. The van der Waals surface area contributed by atoms with Crippen LogP contribution in [0.25, 0.3) is 0 Å². The predicted molar refractivity (Wildman–Crippen MR) is 93.4 cm³/mol. The Hall–Kier alpha value is -1.96. The van der Waals surface area contributed by atoms with E-state index >= 15 is 0 Å². The van der Waals surface area contributed by atoms with Crippen molar-refractivity contribution in [2.24, 2.45) is 7.05 Å². The molecule has 0 spiro atoms. The second kappa shape index (κ2) is 8.05. The molecule has 0 aliphatic carbocycles. The lowest BCUT2D eigenvalue weighted by molar-refractivity contribution is -0.147. The summed E-state index contributed by atoms with van der Waals surface area (Å²) in [5, 5.41) is 0.595. The van der Waals surface area contributed by atoms with Crippen LogP contribution < -0.4 is 10.0 Å². The van der Waals surface area contributed by atoms with Gasteiger partial charge in [0.05, 0.1) is 10.7 Å². The van der Waals surface area contributed by atoms with Crippen molar-refractivity contribution >= 4 is 44.8 Å². The number of carbonyl (C=O) groups is 1. The van der Waals surface area contributed by atoms with Crippen LogP contribution in [0.4, 0.5) is 27.6 Å². The lowest BCUT2D eigenvalue weighted by Gasteiger charge is -2.16. The minimum absolute atomic E-state index is 0.514. The maximum atomic E-state index is 13.4. The zero-order valence-corrected chi connectivity index (χ0v) is 16.7. The summed E-state index contributed by atoms with van der Waals surface area (Å²) >= 11 is 11.5. The average Bonchev–Trinajstić information content (AvgIpc) is 2.86. The molecule has 7 nitrogen and oxygen atoms in total. The smallest absolute Gasteiger partial charge is 0.344 e. The van der Waals surface area contributed by atoms with E-state index in [-0.39, 0.29) is 0 Å². The van der Waals surface area contributed by atoms with Crippen molar-refractivity contribution < 1.29 is 35.2 Å². The molecule has 0 fully saturated rings. The van der Waals surface area contributed by atoms with Gasteiger partial charge in [-0.15, -0.1) is 0 Å². The lowest BCUT2D eigenvalue weighted by Crippen LogP contribution is -2.42. The van der Waals surface area contributed by atoms with Crippen LogP contribution in [0.5, 0.6) is 0 Å². The van der Waals surface area contributed by atoms with Crippen LogP contribution in [-0.4, -0.2) is 36.1 Å². The number of nitrogens with zero attached hydrogens (tertiary/aromatic N) is 2. The van der Waals surface area contributed by atoms with Crippen LogP contribution >= 0.6 is 23.2 Å². The number of hydrogen-bond acceptors (Lipinski definition) is 4. The largest absolute Gasteiger partial charge is 0.404 e. The molecule has 160 valence electrons. The number of carbonyl (C=O) groups excluding carboxylic acids is 1. The van der Waals surface area contributed by atoms with E-state index in [1.165, 1.54) is 11.8 Å². The standard InChI is InChI=1S/C14H11Cl2F5N4O3S/c1-5(14(19,20)21)24-29(27,28)7-4-25(2)11(10(7)16)13(26)22-6-3-8(17)23-12(18)9(6)15/h3-5,24H,1-2H3,(H,22,23,26)/t5-/m1/s1. The Morgan fingerprint density at radius 1 is 1.24 bits per heavy atom. The first-order chi connectivity index (χ1) is 13.1. The summed E-state index contributed by atoms with van der Waals surface area (Å²) in [6, 6.07) is -1.83. The summed E-state index contributed by atoms with van der Waals surface area (Å²) < 4.78 is 91.3. The van der Waals surface area contributed by atoms with Crippen molar-refractivity contribution in [1.82, 2.24) is 14.3 Å². The van der Waals surface area contributed by atoms with Crippen LogP contribution in [0, 0.1) is 11.9 Å². The minimum atomic E-state index is -4.86. The number of sulfonamides is 1. The van der Waals surface area contributed by atoms with Crippen LogP contribution in [0.15, 0.2) is 17.2 Å². The van der Waals surface area contributed by atoms with Gasteiger partial charge in [0.25, 0.3) is 5.91 Å². The van der Waals surface area contributed by atoms with E-state index in [9.17, 15) is 35.2 Å². The van der Waals surface area contributed by atoms with Crippen molar-refractivity contribution in [3.05, 3.63) is 39.9 Å². The quantitative estimate of drug-likeness (QED) is 0.506. The molecule has 0 aliphatic rings. The second-order valence-electron chi connectivity index (χ2n) is 5.70. The fourth-order valence-corrected chi connectivity index (χ4v) is 4.19. The SMILES string of the molecule is C[C@@H](NS(=O)(=O)c1cn(C)c(C(=O)Nc2cc(F)nc(F)c2Cl)c1Cl)C(F)(F)F. The number of aromatic nitrogens is 2. The van der Waals surface area contributed by atoms with E-state index in [0.717, 1.165) is 10.8 Å². The van der Waals surface area contributed by atoms with Crippen LogP contribution in [-0.2, 0) is 17.1 Å². The van der Waals surface area contributed by atoms with Crippen LogP contribution in [0.2, 0.25) is 10.0 Å². The predicted octanol–water partition coefficient (Wildman–Crippen LogP) is 3.49. The number of alkyl halides is 3. The summed E-state index contributed by atoms with van der Waals surface area (Å²) in [5.74, 6) is -3.84. The Morgan fingerprint density at radius 2 is 1.83 bits per heavy atom. The molecule has 29 heavy (non-hydrogen) atoms. The molecule has 0 unspecified atom stereocenters. The summed E-state index contributed by atoms with van der Waals surface area (Å²) in [6.07, 6.45) is -4.06. The number of anilines is 1. The van der Waals surface area contributed by atoms with Gasteiger partial charge in [0, 0.05) is 19.3 Å². The normalized spacial score (nSPS) is 13.4. The fraction of sp³-hybridized carbons (Fsp3) is 0.286. The summed E-state index contributed by atoms with van der Waals surface area (Å²) in [5.41, 5.74) is -1.03. The molecule has 0 aliphatic heterocycles. The first-order valence-corrected chi connectivity index (χ1v) is 9.65. The highest BCUT2D eigenvalue weighted by Crippen LogP contribution is 2.31. The van der Waals surface area contributed by atoms with Gasteiger partial charge in [0.1, 0.15) is 21.7 Å². The maximum Gasteiger partial charge on any atom is 0.404 e. The van der Waals surface area contributed by atoms with Gasteiger partial charge < -0.3 is 9.88 Å². The Bertz CT molecular complexity index is 1070. The molecule has 0 radical (unpaired) electrons. The molecule has 15 heteroatoms. The van der Waals surface area contributed by atoms with E-state index in [4.69, 9.17) is 23.2 Å². The molecule has 0 aromatic carbocycles. The van der Waals surface area contributed by atoms with Crippen molar-refractivity contribution in [2.45, 2.75) is 24.0 Å². The van der Waals surface area contributed by atoms with E-state index in [0.29, 0.717) is 13.0 Å². The van der Waals surface area contributed by atoms with Gasteiger partial charge >= 0.3 is 6.18 Å². The summed E-state index contributed by atoms with van der Waals surface area (Å²) in [7, 11) is -3.58. The average molecular weight is 481 g/mol. The van der Waals surface area contributed by atoms with Crippen molar-refractivity contribution in [2.75, 3.05) is 5.32 Å². The van der Waals surface area contributed by atoms with Crippen molar-refractivity contribution in [3.63, 3.8) is 0 Å². The third-order valence-electron chi connectivity index (χ3n) is 3.55. The number of rotatable bonds is 5. The maximum absolute atomic E-state index is 13.4. The molecule has 0 saturated carbocycles. The van der Waals surface area contributed by atoms with Gasteiger partial charge in [-0.2, -0.15) is 31.7 Å². The van der Waals surface area contributed by atoms with Gasteiger partial charge in [-0.25, -0.2) is 8.42 Å². The van der Waals surface area contributed by atoms with Gasteiger partial charge in [0.15, 0.2) is 0 Å². The van der Waals surface area contributed by atoms with Gasteiger partial charge in [-0.3, -0.25) is 4.79 Å². The number of nitrogens with one attached hydrogen (secondary N) is 2. The third-order valence-corrected chi connectivity index (χ3v) is 5.96. The molecule has 2 rings (SSSR count). The molecule has 1 atom stereocenters. The van der Waals surface area contributed by atoms with Crippen molar-refractivity contribution in [1.29, 1.82) is 0 Å². The third kappa shape index (κ3) is 4.97. The van der Waals surface area contributed by atoms with Crippen LogP contribution in [0.1, 0.15) is 17.4 Å². The number of aryl methyl sites for hydroxylation is 1. The molecule has 0 bridgehead atoms.